The molecule has 1 radical (unpaired) electrons. The Kier molecular flexibility index (Phi) is 6.49. The molecule has 2 aromatic carbocycles. The molecule has 5 nitrogen and oxygen atoms in total. The quantitative estimate of drug-likeness (QED) is 0.201. The maximum absolute atomic E-state index is 14.0. The average Bonchev–Trinajstić information content (AvgIpc) is 2.98. The van der Waals surface area contributed by atoms with Crippen molar-refractivity contribution in [1.82, 2.24) is 9.78 Å². The van der Waals surface area contributed by atoms with Crippen LogP contribution in [0.1, 0.15) is 27.2 Å². The number of aromatic hydroxyl groups is 1. The van der Waals surface area contributed by atoms with Gasteiger partial charge in [0, 0.05) is 22.6 Å². The van der Waals surface area contributed by atoms with Gasteiger partial charge in [0.25, 0.3) is 0 Å². The number of benzene rings is 2. The number of aryl methyl sites for hydroxylation is 1. The standard InChI is InChI=1S/C18H6F7N3O2.Mn/c1-5-10(17(29)6-2-8(19)7(4-26)9(20)3-6)18(30)28(27-5)16-14(24)12(22)11(21)13(23)15(16)25;/h2-3,30H,1H3;. The maximum atomic E-state index is 14.0. The Morgan fingerprint density at radius 2 is 1.42 bits per heavy atom. The third-order valence-electron chi connectivity index (χ3n) is 4.08. The van der Waals surface area contributed by atoms with E-state index in [-0.39, 0.29) is 21.8 Å². The summed E-state index contributed by atoms with van der Waals surface area (Å²) in [6.45, 7) is 1.03. The fraction of sp³-hybridized carbons (Fsp3) is 0.0556. The molecule has 3 rings (SSSR count). The van der Waals surface area contributed by atoms with E-state index in [1.54, 1.807) is 0 Å². The van der Waals surface area contributed by atoms with Crippen LogP contribution in [0.3, 0.4) is 0 Å². The molecule has 1 N–H and O–H groups in total. The molecule has 0 saturated heterocycles. The first-order valence-electron chi connectivity index (χ1n) is 7.75. The zero-order valence-electron chi connectivity index (χ0n) is 14.9. The average molecular weight is 484 g/mol. The molecule has 0 amide bonds. The van der Waals surface area contributed by atoms with Crippen molar-refractivity contribution in [2.45, 2.75) is 6.92 Å². The zero-order chi connectivity index (χ0) is 22.5. The van der Waals surface area contributed by atoms with Gasteiger partial charge < -0.3 is 5.11 Å². The largest absolute Gasteiger partial charge is 0.493 e. The summed E-state index contributed by atoms with van der Waals surface area (Å²) in [4.78, 5) is 12.6. The van der Waals surface area contributed by atoms with Crippen molar-refractivity contribution in [3.63, 3.8) is 0 Å². The Morgan fingerprint density at radius 3 is 1.87 bits per heavy atom. The zero-order valence-corrected chi connectivity index (χ0v) is 16.1. The van der Waals surface area contributed by atoms with Crippen LogP contribution in [0.25, 0.3) is 5.69 Å². The van der Waals surface area contributed by atoms with Crippen molar-refractivity contribution in [3.05, 3.63) is 75.2 Å². The molecule has 1 heterocycles. The van der Waals surface area contributed by atoms with E-state index in [1.807, 2.05) is 0 Å². The van der Waals surface area contributed by atoms with Crippen molar-refractivity contribution < 1.29 is 57.7 Å². The number of hydrogen-bond acceptors (Lipinski definition) is 4. The Labute approximate surface area is 178 Å². The minimum atomic E-state index is -2.45. The van der Waals surface area contributed by atoms with Gasteiger partial charge in [-0.25, -0.2) is 30.7 Å². The minimum absolute atomic E-state index is 0. The van der Waals surface area contributed by atoms with Gasteiger partial charge in [0.1, 0.15) is 34.5 Å². The molecule has 0 atom stereocenters. The molecule has 0 aliphatic rings. The van der Waals surface area contributed by atoms with E-state index in [0.29, 0.717) is 12.1 Å². The molecule has 0 bridgehead atoms. The van der Waals surface area contributed by atoms with Crippen LogP contribution in [-0.4, -0.2) is 20.7 Å². The van der Waals surface area contributed by atoms with Gasteiger partial charge in [-0.1, -0.05) is 0 Å². The molecule has 1 aromatic heterocycles. The molecule has 0 unspecified atom stereocenters. The minimum Gasteiger partial charge on any atom is -0.493 e. The van der Waals surface area contributed by atoms with E-state index >= 15 is 0 Å². The second-order valence-corrected chi connectivity index (χ2v) is 5.87. The number of hydrogen-bond donors (Lipinski definition) is 1. The van der Waals surface area contributed by atoms with Gasteiger partial charge in [0.2, 0.25) is 17.5 Å². The second kappa shape index (κ2) is 8.41. The normalized spacial score (nSPS) is 10.5. The van der Waals surface area contributed by atoms with E-state index in [4.69, 9.17) is 5.26 Å². The summed E-state index contributed by atoms with van der Waals surface area (Å²) in [5, 5.41) is 22.3. The van der Waals surface area contributed by atoms with Gasteiger partial charge in [-0.2, -0.15) is 15.0 Å². The fourth-order valence-corrected chi connectivity index (χ4v) is 2.67. The summed E-state index contributed by atoms with van der Waals surface area (Å²) in [5.41, 5.74) is -4.62. The molecular formula is C18H6F7MnN3O2. The summed E-state index contributed by atoms with van der Waals surface area (Å²) >= 11 is 0. The van der Waals surface area contributed by atoms with Gasteiger partial charge in [0.15, 0.2) is 23.3 Å². The topological polar surface area (TPSA) is 78.9 Å². The Morgan fingerprint density at radius 1 is 0.968 bits per heavy atom. The molecule has 0 fully saturated rings. The number of nitriles is 1. The summed E-state index contributed by atoms with van der Waals surface area (Å²) in [6.07, 6.45) is 0. The predicted octanol–water partition coefficient (Wildman–Crippen LogP) is 3.96. The number of rotatable bonds is 3. The Balaban J connectivity index is 0.00000341. The number of nitrogens with zero attached hydrogens (tertiary/aromatic N) is 3. The Hall–Kier alpha value is -3.36. The Bertz CT molecular complexity index is 1230. The van der Waals surface area contributed by atoms with Crippen molar-refractivity contribution >= 4 is 5.78 Å². The first kappa shape index (κ1) is 23.9. The number of carbonyl (C=O) groups is 1. The molecule has 31 heavy (non-hydrogen) atoms. The molecular weight excluding hydrogens is 478 g/mol. The number of carbonyl (C=O) groups excluding carboxylic acids is 1. The first-order chi connectivity index (χ1) is 14.0. The third kappa shape index (κ3) is 3.64. The van der Waals surface area contributed by atoms with E-state index < -0.39 is 80.5 Å². The van der Waals surface area contributed by atoms with Crippen molar-refractivity contribution in [1.29, 1.82) is 5.26 Å². The number of aromatic nitrogens is 2. The molecule has 13 heteroatoms. The van der Waals surface area contributed by atoms with Gasteiger partial charge in [-0.05, 0) is 19.1 Å². The number of ketones is 1. The molecule has 0 aliphatic carbocycles. The van der Waals surface area contributed by atoms with Crippen molar-refractivity contribution in [2.24, 2.45) is 0 Å². The predicted molar refractivity (Wildman–Crippen MR) is 84.3 cm³/mol. The molecule has 0 aliphatic heterocycles. The molecule has 3 aromatic rings. The van der Waals surface area contributed by atoms with Crippen LogP contribution in [0.15, 0.2) is 12.1 Å². The second-order valence-electron chi connectivity index (χ2n) is 5.87. The summed E-state index contributed by atoms with van der Waals surface area (Å²) in [6, 6.07) is 2.17. The van der Waals surface area contributed by atoms with Crippen LogP contribution >= 0.6 is 0 Å². The van der Waals surface area contributed by atoms with Gasteiger partial charge in [-0.3, -0.25) is 4.79 Å². The third-order valence-corrected chi connectivity index (χ3v) is 4.08. The molecule has 0 saturated carbocycles. The summed E-state index contributed by atoms with van der Waals surface area (Å²) in [7, 11) is 0. The van der Waals surface area contributed by atoms with E-state index in [2.05, 4.69) is 5.10 Å². The monoisotopic (exact) mass is 484 g/mol. The van der Waals surface area contributed by atoms with Crippen LogP contribution in [0, 0.1) is 59.0 Å². The maximum Gasteiger partial charge on any atom is 0.226 e. The number of halogens is 7. The van der Waals surface area contributed by atoms with Crippen LogP contribution < -0.4 is 0 Å². The first-order valence-corrected chi connectivity index (χ1v) is 7.75. The summed E-state index contributed by atoms with van der Waals surface area (Å²) < 4.78 is 95.6. The van der Waals surface area contributed by atoms with Crippen LogP contribution in [0.4, 0.5) is 30.7 Å². The molecule has 0 spiro atoms. The smallest absolute Gasteiger partial charge is 0.226 e. The van der Waals surface area contributed by atoms with Crippen molar-refractivity contribution in [3.8, 4) is 17.6 Å². The van der Waals surface area contributed by atoms with E-state index in [0.717, 1.165) is 6.92 Å². The van der Waals surface area contributed by atoms with Gasteiger partial charge in [-0.15, -0.1) is 0 Å². The van der Waals surface area contributed by atoms with Crippen molar-refractivity contribution in [2.75, 3.05) is 0 Å². The van der Waals surface area contributed by atoms with Crippen LogP contribution in [0.5, 0.6) is 5.88 Å². The molecule has 161 valence electrons. The van der Waals surface area contributed by atoms with E-state index in [1.165, 1.54) is 6.07 Å². The summed E-state index contributed by atoms with van der Waals surface area (Å²) in [5.74, 6) is -17.2. The van der Waals surface area contributed by atoms with E-state index in [9.17, 15) is 40.6 Å². The van der Waals surface area contributed by atoms with Crippen LogP contribution in [-0.2, 0) is 17.1 Å². The SMILES string of the molecule is Cc1nn(-c2c(F)c(F)c(F)c(F)c2F)c(O)c1C(=O)c1cc(F)c(C#N)c(F)c1.[Mn]. The van der Waals surface area contributed by atoms with Gasteiger partial charge in [0.05, 0.1) is 5.69 Å². The fourth-order valence-electron chi connectivity index (χ4n) is 2.67. The van der Waals surface area contributed by atoms with Gasteiger partial charge >= 0.3 is 0 Å². The van der Waals surface area contributed by atoms with Crippen LogP contribution in [0.2, 0.25) is 0 Å².